The molecule has 2 aromatic carbocycles. The van der Waals surface area contributed by atoms with Crippen molar-refractivity contribution in [2.45, 2.75) is 6.42 Å². The number of ether oxygens (including phenoxy) is 1. The molecule has 0 radical (unpaired) electrons. The van der Waals surface area contributed by atoms with Crippen LogP contribution in [0.5, 0.6) is 11.5 Å². The number of carbonyl (C=O) groups is 2. The van der Waals surface area contributed by atoms with Crippen LogP contribution in [0, 0.1) is 0 Å². The number of nitrogens with one attached hydrogen (secondary N) is 3. The molecule has 0 unspecified atom stereocenters. The number of urea groups is 1. The molecule has 7 nitrogen and oxygen atoms in total. The third-order valence-corrected chi connectivity index (χ3v) is 2.75. The predicted molar refractivity (Wildman–Crippen MR) is 85.0 cm³/mol. The van der Waals surface area contributed by atoms with Crippen LogP contribution in [0.2, 0.25) is 0 Å². The van der Waals surface area contributed by atoms with Gasteiger partial charge >= 0.3 is 6.03 Å². The molecule has 0 saturated heterocycles. The molecule has 7 heteroatoms. The molecule has 0 atom stereocenters. The molecular weight excluding hydrogens is 298 g/mol. The number of carbonyl (C=O) groups excluding carboxylic acids is 2. The minimum absolute atomic E-state index is 0.0776. The Morgan fingerprint density at radius 2 is 1.57 bits per heavy atom. The predicted octanol–water partition coefficient (Wildman–Crippen LogP) is 2.01. The highest BCUT2D eigenvalue weighted by Crippen LogP contribution is 2.22. The third kappa shape index (κ3) is 5.68. The summed E-state index contributed by atoms with van der Waals surface area (Å²) < 4.78 is 5.64. The molecule has 0 aliphatic heterocycles. The van der Waals surface area contributed by atoms with Gasteiger partial charge in [0.15, 0.2) is 0 Å². The zero-order chi connectivity index (χ0) is 16.5. The lowest BCUT2D eigenvalue weighted by Gasteiger charge is -2.09. The second-order valence-electron chi connectivity index (χ2n) is 4.54. The van der Waals surface area contributed by atoms with Gasteiger partial charge in [-0.1, -0.05) is 18.2 Å². The molecule has 0 heterocycles. The second kappa shape index (κ2) is 8.40. The van der Waals surface area contributed by atoms with E-state index in [4.69, 9.17) is 9.84 Å². The summed E-state index contributed by atoms with van der Waals surface area (Å²) in [7, 11) is 0. The minimum Gasteiger partial charge on any atom is -0.457 e. The van der Waals surface area contributed by atoms with E-state index in [1.807, 2.05) is 30.3 Å². The normalized spacial score (nSPS) is 9.78. The first-order chi connectivity index (χ1) is 11.2. The average Bonchev–Trinajstić information content (AvgIpc) is 2.56. The van der Waals surface area contributed by atoms with E-state index >= 15 is 0 Å². The first-order valence-electron chi connectivity index (χ1n) is 6.97. The van der Waals surface area contributed by atoms with Crippen LogP contribution in [0.1, 0.15) is 6.42 Å². The van der Waals surface area contributed by atoms with Gasteiger partial charge in [-0.2, -0.15) is 0 Å². The molecule has 120 valence electrons. The van der Waals surface area contributed by atoms with Gasteiger partial charge in [-0.25, -0.2) is 10.2 Å². The lowest BCUT2D eigenvalue weighted by atomic mass is 10.3. The monoisotopic (exact) mass is 315 g/mol. The van der Waals surface area contributed by atoms with Crippen molar-refractivity contribution in [2.24, 2.45) is 0 Å². The Hall–Kier alpha value is -3.06. The largest absolute Gasteiger partial charge is 0.457 e. The number of rotatable bonds is 5. The van der Waals surface area contributed by atoms with Gasteiger partial charge in [-0.15, -0.1) is 0 Å². The number of para-hydroxylation sites is 1. The number of anilines is 1. The van der Waals surface area contributed by atoms with Gasteiger partial charge < -0.3 is 15.2 Å². The Bertz CT molecular complexity index is 644. The molecule has 4 N–H and O–H groups in total. The maximum Gasteiger partial charge on any atom is 0.337 e. The van der Waals surface area contributed by atoms with Crippen LogP contribution in [0.3, 0.4) is 0 Å². The van der Waals surface area contributed by atoms with Crippen molar-refractivity contribution in [1.29, 1.82) is 0 Å². The highest BCUT2D eigenvalue weighted by atomic mass is 16.5. The molecule has 2 aromatic rings. The van der Waals surface area contributed by atoms with E-state index in [0.717, 1.165) is 5.75 Å². The molecule has 0 bridgehead atoms. The fourth-order valence-electron chi connectivity index (χ4n) is 1.68. The van der Waals surface area contributed by atoms with E-state index in [1.54, 1.807) is 24.3 Å². The van der Waals surface area contributed by atoms with Gasteiger partial charge in [0.05, 0.1) is 13.0 Å². The van der Waals surface area contributed by atoms with E-state index in [9.17, 15) is 9.59 Å². The van der Waals surface area contributed by atoms with Crippen molar-refractivity contribution < 1.29 is 19.4 Å². The van der Waals surface area contributed by atoms with Gasteiger partial charge in [0.2, 0.25) is 5.91 Å². The summed E-state index contributed by atoms with van der Waals surface area (Å²) in [6, 6.07) is 15.5. The van der Waals surface area contributed by atoms with Gasteiger partial charge in [0.25, 0.3) is 0 Å². The number of hydrazine groups is 1. The van der Waals surface area contributed by atoms with Gasteiger partial charge in [-0.05, 0) is 36.4 Å². The molecule has 0 fully saturated rings. The fraction of sp³-hybridized carbons (Fsp3) is 0.125. The van der Waals surface area contributed by atoms with Crippen molar-refractivity contribution >= 4 is 17.6 Å². The number of amides is 3. The summed E-state index contributed by atoms with van der Waals surface area (Å²) >= 11 is 0. The Labute approximate surface area is 133 Å². The van der Waals surface area contributed by atoms with Crippen molar-refractivity contribution in [1.82, 2.24) is 10.9 Å². The molecule has 0 saturated carbocycles. The highest BCUT2D eigenvalue weighted by Gasteiger charge is 2.04. The smallest absolute Gasteiger partial charge is 0.337 e. The van der Waals surface area contributed by atoms with Crippen molar-refractivity contribution in [3.8, 4) is 11.5 Å². The highest BCUT2D eigenvalue weighted by molar-refractivity contribution is 5.90. The fourth-order valence-corrected chi connectivity index (χ4v) is 1.68. The van der Waals surface area contributed by atoms with Crippen LogP contribution in [-0.4, -0.2) is 23.7 Å². The van der Waals surface area contributed by atoms with Crippen molar-refractivity contribution in [2.75, 3.05) is 11.9 Å². The maximum absolute atomic E-state index is 11.6. The van der Waals surface area contributed by atoms with Crippen LogP contribution in [0.15, 0.2) is 54.6 Å². The number of aliphatic hydroxyl groups excluding tert-OH is 1. The standard InChI is InChI=1S/C16H17N3O4/c20-11-10-15(21)18-19-16(22)17-12-6-8-14(9-7-12)23-13-4-2-1-3-5-13/h1-9,20H,10-11H2,(H,18,21)(H2,17,19,22). The van der Waals surface area contributed by atoms with Gasteiger partial charge in [0, 0.05) is 5.69 Å². The summed E-state index contributed by atoms with van der Waals surface area (Å²) in [5.41, 5.74) is 4.88. The molecule has 23 heavy (non-hydrogen) atoms. The van der Waals surface area contributed by atoms with E-state index < -0.39 is 11.9 Å². The van der Waals surface area contributed by atoms with Crippen molar-refractivity contribution in [3.63, 3.8) is 0 Å². The Balaban J connectivity index is 1.82. The van der Waals surface area contributed by atoms with E-state index in [-0.39, 0.29) is 13.0 Å². The number of hydrogen-bond donors (Lipinski definition) is 4. The maximum atomic E-state index is 11.6. The molecule has 0 aromatic heterocycles. The third-order valence-electron chi connectivity index (χ3n) is 2.75. The Kier molecular flexibility index (Phi) is 5.96. The van der Waals surface area contributed by atoms with Crippen LogP contribution in [-0.2, 0) is 4.79 Å². The molecule has 0 aliphatic carbocycles. The quantitative estimate of drug-likeness (QED) is 0.634. The van der Waals surface area contributed by atoms with E-state index in [0.29, 0.717) is 11.4 Å². The number of benzene rings is 2. The molecule has 0 spiro atoms. The first kappa shape index (κ1) is 16.3. The summed E-state index contributed by atoms with van der Waals surface area (Å²) in [5.74, 6) is 0.880. The minimum atomic E-state index is -0.590. The van der Waals surface area contributed by atoms with Crippen LogP contribution >= 0.6 is 0 Å². The Morgan fingerprint density at radius 1 is 0.913 bits per heavy atom. The summed E-state index contributed by atoms with van der Waals surface area (Å²) in [6.07, 6.45) is -0.0776. The summed E-state index contributed by atoms with van der Waals surface area (Å²) in [4.78, 5) is 22.7. The van der Waals surface area contributed by atoms with Crippen LogP contribution in [0.25, 0.3) is 0 Å². The number of hydrogen-bond acceptors (Lipinski definition) is 4. The summed E-state index contributed by atoms with van der Waals surface area (Å²) in [6.45, 7) is -0.280. The molecule has 0 aliphatic rings. The molecular formula is C16H17N3O4. The second-order valence-corrected chi connectivity index (χ2v) is 4.54. The molecule has 3 amide bonds. The van der Waals surface area contributed by atoms with Crippen molar-refractivity contribution in [3.05, 3.63) is 54.6 Å². The lowest BCUT2D eigenvalue weighted by Crippen LogP contribution is -2.44. The zero-order valence-corrected chi connectivity index (χ0v) is 12.3. The SMILES string of the molecule is O=C(CCO)NNC(=O)Nc1ccc(Oc2ccccc2)cc1. The van der Waals surface area contributed by atoms with Crippen LogP contribution < -0.4 is 20.9 Å². The first-order valence-corrected chi connectivity index (χ1v) is 6.97. The van der Waals surface area contributed by atoms with E-state index in [2.05, 4.69) is 16.2 Å². The topological polar surface area (TPSA) is 99.7 Å². The van der Waals surface area contributed by atoms with Gasteiger partial charge in [0.1, 0.15) is 11.5 Å². The zero-order valence-electron chi connectivity index (χ0n) is 12.3. The Morgan fingerprint density at radius 3 is 2.22 bits per heavy atom. The lowest BCUT2D eigenvalue weighted by molar-refractivity contribution is -0.122. The van der Waals surface area contributed by atoms with Crippen LogP contribution in [0.4, 0.5) is 10.5 Å². The number of aliphatic hydroxyl groups is 1. The molecule has 2 rings (SSSR count). The average molecular weight is 315 g/mol. The summed E-state index contributed by atoms with van der Waals surface area (Å²) in [5, 5.41) is 11.1. The van der Waals surface area contributed by atoms with Gasteiger partial charge in [-0.3, -0.25) is 10.2 Å². The van der Waals surface area contributed by atoms with E-state index in [1.165, 1.54) is 0 Å².